The third-order valence-electron chi connectivity index (χ3n) is 4.25. The molecule has 2 heterocycles. The van der Waals surface area contributed by atoms with Crippen molar-refractivity contribution in [3.63, 3.8) is 0 Å². The summed E-state index contributed by atoms with van der Waals surface area (Å²) in [5.41, 5.74) is 5.62. The van der Waals surface area contributed by atoms with E-state index in [1.165, 1.54) is 22.4 Å². The van der Waals surface area contributed by atoms with E-state index < -0.39 is 0 Å². The molecule has 0 radical (unpaired) electrons. The predicted octanol–water partition coefficient (Wildman–Crippen LogP) is 4.08. The van der Waals surface area contributed by atoms with Crippen molar-refractivity contribution in [2.45, 2.75) is 46.1 Å². The molecule has 1 N–H and O–H groups in total. The van der Waals surface area contributed by atoms with Crippen LogP contribution in [0.2, 0.25) is 0 Å². The molecule has 0 fully saturated rings. The predicted molar refractivity (Wildman–Crippen MR) is 83.7 cm³/mol. The van der Waals surface area contributed by atoms with Crippen molar-refractivity contribution in [3.05, 3.63) is 22.8 Å². The Kier molecular flexibility index (Phi) is 2.90. The van der Waals surface area contributed by atoms with Crippen LogP contribution in [0.4, 0.5) is 5.69 Å². The number of halogens is 1. The Bertz CT molecular complexity index is 538. The lowest BCUT2D eigenvalue weighted by atomic mass is 9.80. The topological polar surface area (TPSA) is 21.3 Å². The van der Waals surface area contributed by atoms with Gasteiger partial charge in [0.1, 0.15) is 11.4 Å². The summed E-state index contributed by atoms with van der Waals surface area (Å²) in [4.78, 5) is 0. The average Bonchev–Trinajstić information content (AvgIpc) is 2.66. The lowest BCUT2D eigenvalue weighted by molar-refractivity contribution is 0.143. The third kappa shape index (κ3) is 2.16. The zero-order chi connectivity index (χ0) is 13.8. The molecule has 1 aromatic carbocycles. The summed E-state index contributed by atoms with van der Waals surface area (Å²) in [6, 6.07) is 2.30. The van der Waals surface area contributed by atoms with Gasteiger partial charge in [0.2, 0.25) is 0 Å². The monoisotopic (exact) mass is 323 g/mol. The largest absolute Gasteiger partial charge is 0.486 e. The second-order valence-electron chi connectivity index (χ2n) is 7.09. The van der Waals surface area contributed by atoms with E-state index >= 15 is 0 Å². The van der Waals surface area contributed by atoms with Gasteiger partial charge < -0.3 is 10.1 Å². The molecular formula is C16H22BrNO. The molecule has 3 heteroatoms. The molecule has 3 rings (SSSR count). The minimum atomic E-state index is -0.0918. The highest BCUT2D eigenvalue weighted by atomic mass is 79.9. The zero-order valence-corrected chi connectivity index (χ0v) is 13.8. The van der Waals surface area contributed by atoms with Gasteiger partial charge in [0.05, 0.1) is 0 Å². The van der Waals surface area contributed by atoms with Crippen molar-refractivity contribution in [2.75, 3.05) is 17.2 Å². The van der Waals surface area contributed by atoms with Crippen LogP contribution < -0.4 is 10.1 Å². The van der Waals surface area contributed by atoms with Gasteiger partial charge in [0, 0.05) is 29.5 Å². The number of aryl methyl sites for hydroxylation is 1. The molecule has 0 aromatic heterocycles. The Morgan fingerprint density at radius 2 is 2.05 bits per heavy atom. The number of benzene rings is 1. The van der Waals surface area contributed by atoms with Gasteiger partial charge in [0.15, 0.2) is 0 Å². The van der Waals surface area contributed by atoms with Gasteiger partial charge in [-0.2, -0.15) is 0 Å². The molecule has 0 aliphatic carbocycles. The van der Waals surface area contributed by atoms with E-state index in [4.69, 9.17) is 4.74 Å². The summed E-state index contributed by atoms with van der Waals surface area (Å²) in [7, 11) is 0. The number of alkyl halides is 1. The number of fused-ring (bicyclic) bond motifs is 3. The van der Waals surface area contributed by atoms with Gasteiger partial charge in [-0.1, -0.05) is 35.8 Å². The van der Waals surface area contributed by atoms with E-state index in [-0.39, 0.29) is 5.60 Å². The fourth-order valence-electron chi connectivity index (χ4n) is 3.25. The van der Waals surface area contributed by atoms with Crippen molar-refractivity contribution in [2.24, 2.45) is 5.41 Å². The Morgan fingerprint density at radius 3 is 2.74 bits per heavy atom. The number of hydrogen-bond acceptors (Lipinski definition) is 2. The highest BCUT2D eigenvalue weighted by Gasteiger charge is 2.39. The molecule has 0 spiro atoms. The molecule has 2 nitrogen and oxygen atoms in total. The van der Waals surface area contributed by atoms with Crippen molar-refractivity contribution >= 4 is 21.6 Å². The number of ether oxygens (including phenoxy) is 1. The molecule has 1 unspecified atom stereocenters. The fourth-order valence-corrected chi connectivity index (χ4v) is 3.56. The van der Waals surface area contributed by atoms with E-state index in [9.17, 15) is 0 Å². The summed E-state index contributed by atoms with van der Waals surface area (Å²) < 4.78 is 6.30. The number of rotatable bonds is 1. The summed E-state index contributed by atoms with van der Waals surface area (Å²) in [6.45, 7) is 10.1. The van der Waals surface area contributed by atoms with E-state index in [0.29, 0.717) is 5.41 Å². The second-order valence-corrected chi connectivity index (χ2v) is 7.65. The Balaban J connectivity index is 2.11. The Labute approximate surface area is 124 Å². The second kappa shape index (κ2) is 4.15. The number of hydrogen-bond donors (Lipinski definition) is 1. The van der Waals surface area contributed by atoms with Crippen LogP contribution in [0.3, 0.4) is 0 Å². The summed E-state index contributed by atoms with van der Waals surface area (Å²) in [5, 5.41) is 4.48. The molecule has 1 atom stereocenters. The van der Waals surface area contributed by atoms with Crippen molar-refractivity contribution in [3.8, 4) is 5.75 Å². The molecule has 2 aliphatic rings. The van der Waals surface area contributed by atoms with Gasteiger partial charge in [-0.05, 0) is 36.8 Å². The highest BCUT2D eigenvalue weighted by molar-refractivity contribution is 9.09. The normalized spacial score (nSPS) is 27.2. The van der Waals surface area contributed by atoms with Gasteiger partial charge in [-0.25, -0.2) is 0 Å². The first-order chi connectivity index (χ1) is 8.84. The van der Waals surface area contributed by atoms with E-state index in [0.717, 1.165) is 30.5 Å². The Hall–Kier alpha value is -0.700. The smallest absolute Gasteiger partial charge is 0.128 e. The Morgan fingerprint density at radius 1 is 1.32 bits per heavy atom. The van der Waals surface area contributed by atoms with E-state index in [1.54, 1.807) is 0 Å². The molecular weight excluding hydrogens is 302 g/mol. The molecule has 0 amide bonds. The van der Waals surface area contributed by atoms with Crippen LogP contribution in [-0.2, 0) is 12.8 Å². The molecule has 0 bridgehead atoms. The first-order valence-electron chi connectivity index (χ1n) is 6.98. The quantitative estimate of drug-likeness (QED) is 0.786. The lowest BCUT2D eigenvalue weighted by Gasteiger charge is -2.34. The molecule has 1 aromatic rings. The van der Waals surface area contributed by atoms with Gasteiger partial charge >= 0.3 is 0 Å². The zero-order valence-electron chi connectivity index (χ0n) is 12.2. The van der Waals surface area contributed by atoms with Crippen molar-refractivity contribution in [1.29, 1.82) is 0 Å². The van der Waals surface area contributed by atoms with Crippen LogP contribution >= 0.6 is 15.9 Å². The minimum absolute atomic E-state index is 0.0918. The first-order valence-corrected chi connectivity index (χ1v) is 8.10. The summed E-state index contributed by atoms with van der Waals surface area (Å²) in [6.07, 6.45) is 2.10. The molecule has 2 aliphatic heterocycles. The van der Waals surface area contributed by atoms with Crippen LogP contribution in [0.5, 0.6) is 5.75 Å². The van der Waals surface area contributed by atoms with E-state index in [2.05, 4.69) is 55.0 Å². The standard InChI is InChI=1S/C16H22BrNO/c1-10-5-11-6-16(4,8-17)19-14(11)12-7-15(2,3)9-18-13(10)12/h5,18H,6-9H2,1-4H3. The van der Waals surface area contributed by atoms with Crippen LogP contribution in [0.25, 0.3) is 0 Å². The maximum absolute atomic E-state index is 6.30. The first kappa shape index (κ1) is 13.3. The lowest BCUT2D eigenvalue weighted by Crippen LogP contribution is -2.33. The van der Waals surface area contributed by atoms with Crippen LogP contribution in [0.15, 0.2) is 6.07 Å². The van der Waals surface area contributed by atoms with Gasteiger partial charge in [-0.3, -0.25) is 0 Å². The molecule has 0 saturated carbocycles. The van der Waals surface area contributed by atoms with Crippen LogP contribution in [-0.4, -0.2) is 17.5 Å². The SMILES string of the molecule is Cc1cc2c(c3c1NCC(C)(C)C3)OC(C)(CBr)C2. The number of nitrogens with one attached hydrogen (secondary N) is 1. The fraction of sp³-hybridized carbons (Fsp3) is 0.625. The molecule has 19 heavy (non-hydrogen) atoms. The maximum atomic E-state index is 6.30. The molecule has 104 valence electrons. The third-order valence-corrected chi connectivity index (χ3v) is 5.43. The van der Waals surface area contributed by atoms with Gasteiger partial charge in [0.25, 0.3) is 0 Å². The average molecular weight is 324 g/mol. The summed E-state index contributed by atoms with van der Waals surface area (Å²) >= 11 is 3.59. The van der Waals surface area contributed by atoms with Crippen LogP contribution in [0, 0.1) is 12.3 Å². The minimum Gasteiger partial charge on any atom is -0.486 e. The highest BCUT2D eigenvalue weighted by Crippen LogP contribution is 2.47. The van der Waals surface area contributed by atoms with Crippen molar-refractivity contribution in [1.82, 2.24) is 0 Å². The molecule has 0 saturated heterocycles. The summed E-state index contributed by atoms with van der Waals surface area (Å²) in [5.74, 6) is 1.14. The maximum Gasteiger partial charge on any atom is 0.128 e. The van der Waals surface area contributed by atoms with Crippen molar-refractivity contribution < 1.29 is 4.74 Å². The van der Waals surface area contributed by atoms with Crippen LogP contribution in [0.1, 0.15) is 37.5 Å². The van der Waals surface area contributed by atoms with E-state index in [1.807, 2.05) is 0 Å². The van der Waals surface area contributed by atoms with Gasteiger partial charge in [-0.15, -0.1) is 0 Å². The number of anilines is 1.